The van der Waals surface area contributed by atoms with E-state index in [0.717, 1.165) is 45.4 Å². The van der Waals surface area contributed by atoms with Gasteiger partial charge in [0.2, 0.25) is 5.91 Å². The second-order valence-corrected chi connectivity index (χ2v) is 8.50. The van der Waals surface area contributed by atoms with Crippen molar-refractivity contribution in [2.45, 2.75) is 38.8 Å². The predicted molar refractivity (Wildman–Crippen MR) is 92.6 cm³/mol. The first-order valence-corrected chi connectivity index (χ1v) is 9.86. The summed E-state index contributed by atoms with van der Waals surface area (Å²) in [5.41, 5.74) is 0. The number of hydroxylamine groups is 2. The van der Waals surface area contributed by atoms with Crippen LogP contribution in [0.4, 0.5) is 0 Å². The Morgan fingerprint density at radius 2 is 2.21 bits per heavy atom. The summed E-state index contributed by atoms with van der Waals surface area (Å²) in [6, 6.07) is 4.41. The second kappa shape index (κ2) is 7.12. The molecule has 0 spiro atoms. The van der Waals surface area contributed by atoms with Gasteiger partial charge in [0.1, 0.15) is 0 Å². The molecular weight excluding hydrogens is 324 g/mol. The van der Waals surface area contributed by atoms with E-state index in [9.17, 15) is 4.79 Å². The first kappa shape index (κ1) is 16.5. The van der Waals surface area contributed by atoms with Crippen LogP contribution in [0, 0.1) is 18.8 Å². The topological polar surface area (TPSA) is 42.0 Å². The van der Waals surface area contributed by atoms with Crippen molar-refractivity contribution < 1.29 is 14.4 Å². The molecule has 1 amide bonds. The van der Waals surface area contributed by atoms with Gasteiger partial charge in [0.05, 0.1) is 19.3 Å². The lowest BCUT2D eigenvalue weighted by atomic mass is 9.79. The van der Waals surface area contributed by atoms with Crippen LogP contribution >= 0.6 is 11.3 Å². The van der Waals surface area contributed by atoms with E-state index in [1.54, 1.807) is 5.06 Å². The minimum Gasteiger partial charge on any atom is -0.378 e. The van der Waals surface area contributed by atoms with Crippen LogP contribution in [0.1, 0.15) is 29.0 Å². The van der Waals surface area contributed by atoms with Gasteiger partial charge in [-0.2, -0.15) is 0 Å². The first-order valence-electron chi connectivity index (χ1n) is 9.04. The van der Waals surface area contributed by atoms with Crippen molar-refractivity contribution in [1.82, 2.24) is 9.96 Å². The predicted octanol–water partition coefficient (Wildman–Crippen LogP) is 2.45. The van der Waals surface area contributed by atoms with Crippen LogP contribution in [0.2, 0.25) is 0 Å². The molecule has 0 unspecified atom stereocenters. The summed E-state index contributed by atoms with van der Waals surface area (Å²) >= 11 is 1.87. The highest BCUT2D eigenvalue weighted by atomic mass is 32.1. The number of likely N-dealkylation sites (tertiary alicyclic amines) is 1. The zero-order valence-electron chi connectivity index (χ0n) is 14.3. The molecule has 3 saturated heterocycles. The molecule has 0 aliphatic carbocycles. The Balaban J connectivity index is 1.43. The molecule has 1 aromatic heterocycles. The highest BCUT2D eigenvalue weighted by Gasteiger charge is 2.43. The van der Waals surface area contributed by atoms with Gasteiger partial charge in [-0.3, -0.25) is 14.5 Å². The Morgan fingerprint density at radius 3 is 2.96 bits per heavy atom. The minimum atomic E-state index is 0.0507. The van der Waals surface area contributed by atoms with Gasteiger partial charge in [-0.15, -0.1) is 11.3 Å². The number of amides is 1. The molecule has 3 aliphatic heterocycles. The summed E-state index contributed by atoms with van der Waals surface area (Å²) in [5.74, 6) is 0.527. The molecule has 3 atom stereocenters. The number of hydrogen-bond acceptors (Lipinski definition) is 5. The van der Waals surface area contributed by atoms with Crippen molar-refractivity contribution in [3.63, 3.8) is 0 Å². The number of nitrogens with zero attached hydrogens (tertiary/aromatic N) is 2. The van der Waals surface area contributed by atoms with Crippen molar-refractivity contribution in [2.24, 2.45) is 11.8 Å². The van der Waals surface area contributed by atoms with Crippen LogP contribution in [-0.2, 0) is 20.9 Å². The number of thiophene rings is 1. The SMILES string of the molecule is Cc1ccc(CN2CC[C@@H]3OCC[C@H](C(=O)N4CCCO4)[C@H]3C2)s1. The maximum absolute atomic E-state index is 12.9. The lowest BCUT2D eigenvalue weighted by molar-refractivity contribution is -0.185. The highest BCUT2D eigenvalue weighted by Crippen LogP contribution is 2.35. The molecule has 4 rings (SSSR count). The Hall–Kier alpha value is -0.950. The molecule has 0 radical (unpaired) electrons. The van der Waals surface area contributed by atoms with Crippen LogP contribution in [0.15, 0.2) is 12.1 Å². The molecule has 0 aromatic carbocycles. The van der Waals surface area contributed by atoms with Crippen molar-refractivity contribution in [2.75, 3.05) is 32.8 Å². The third kappa shape index (κ3) is 3.38. The third-order valence-corrected chi connectivity index (χ3v) is 6.43. The van der Waals surface area contributed by atoms with Gasteiger partial charge in [0.25, 0.3) is 0 Å². The number of carbonyl (C=O) groups is 1. The fourth-order valence-electron chi connectivity index (χ4n) is 4.23. The van der Waals surface area contributed by atoms with E-state index in [0.29, 0.717) is 19.1 Å². The monoisotopic (exact) mass is 350 g/mol. The normalized spacial score (nSPS) is 31.2. The first-order chi connectivity index (χ1) is 11.7. The molecule has 0 N–H and O–H groups in total. The Morgan fingerprint density at radius 1 is 1.29 bits per heavy atom. The summed E-state index contributed by atoms with van der Waals surface area (Å²) in [6.45, 7) is 7.27. The average Bonchev–Trinajstić information content (AvgIpc) is 3.25. The summed E-state index contributed by atoms with van der Waals surface area (Å²) in [6.07, 6.45) is 3.04. The van der Waals surface area contributed by atoms with E-state index in [1.165, 1.54) is 9.75 Å². The fourth-order valence-corrected chi connectivity index (χ4v) is 5.16. The van der Waals surface area contributed by atoms with Gasteiger partial charge in [-0.25, -0.2) is 5.06 Å². The molecule has 3 fully saturated rings. The summed E-state index contributed by atoms with van der Waals surface area (Å²) in [7, 11) is 0. The Labute approximate surface area is 147 Å². The second-order valence-electron chi connectivity index (χ2n) is 7.13. The molecule has 5 nitrogen and oxygen atoms in total. The van der Waals surface area contributed by atoms with E-state index in [4.69, 9.17) is 9.57 Å². The minimum absolute atomic E-state index is 0.0507. The number of aryl methyl sites for hydroxylation is 1. The van der Waals surface area contributed by atoms with Gasteiger partial charge in [-0.1, -0.05) is 0 Å². The maximum Gasteiger partial charge on any atom is 0.249 e. The van der Waals surface area contributed by atoms with Crippen LogP contribution in [0.5, 0.6) is 0 Å². The Bertz CT molecular complexity index is 585. The summed E-state index contributed by atoms with van der Waals surface area (Å²) < 4.78 is 5.99. The number of piperidine rings is 1. The largest absolute Gasteiger partial charge is 0.378 e. The molecule has 1 aromatic rings. The highest BCUT2D eigenvalue weighted by molar-refractivity contribution is 7.11. The van der Waals surface area contributed by atoms with E-state index >= 15 is 0 Å². The van der Waals surface area contributed by atoms with Crippen LogP contribution in [0.25, 0.3) is 0 Å². The number of hydrogen-bond donors (Lipinski definition) is 0. The van der Waals surface area contributed by atoms with Gasteiger partial charge >= 0.3 is 0 Å². The molecule has 24 heavy (non-hydrogen) atoms. The number of ether oxygens (including phenoxy) is 1. The smallest absolute Gasteiger partial charge is 0.249 e. The lowest BCUT2D eigenvalue weighted by Gasteiger charge is -2.45. The van der Waals surface area contributed by atoms with Crippen molar-refractivity contribution >= 4 is 17.2 Å². The van der Waals surface area contributed by atoms with Crippen molar-refractivity contribution in [1.29, 1.82) is 0 Å². The summed E-state index contributed by atoms with van der Waals surface area (Å²) in [4.78, 5) is 23.6. The summed E-state index contributed by atoms with van der Waals surface area (Å²) in [5, 5.41) is 1.61. The van der Waals surface area contributed by atoms with E-state index in [2.05, 4.69) is 24.0 Å². The molecular formula is C18H26N2O3S. The standard InChI is InChI=1S/C18H26N2O3S/c1-13-3-4-14(24-13)11-19-8-5-17-16(12-19)15(6-10-22-17)18(21)20-7-2-9-23-20/h3-4,15-17H,2,5-12H2,1H3/t15-,16+,17-/m0/s1. The fraction of sp³-hybridized carbons (Fsp3) is 0.722. The third-order valence-electron chi connectivity index (χ3n) is 5.45. The molecule has 6 heteroatoms. The molecule has 132 valence electrons. The van der Waals surface area contributed by atoms with Gasteiger partial charge in [0.15, 0.2) is 0 Å². The number of rotatable bonds is 3. The van der Waals surface area contributed by atoms with Crippen molar-refractivity contribution in [3.8, 4) is 0 Å². The Kier molecular flexibility index (Phi) is 4.90. The van der Waals surface area contributed by atoms with Crippen LogP contribution < -0.4 is 0 Å². The zero-order valence-corrected chi connectivity index (χ0v) is 15.1. The van der Waals surface area contributed by atoms with Gasteiger partial charge in [-0.05, 0) is 38.3 Å². The lowest BCUT2D eigenvalue weighted by Crippen LogP contribution is -2.53. The van der Waals surface area contributed by atoms with Crippen molar-refractivity contribution in [3.05, 3.63) is 21.9 Å². The van der Waals surface area contributed by atoms with E-state index < -0.39 is 0 Å². The molecule has 0 bridgehead atoms. The maximum atomic E-state index is 12.9. The van der Waals surface area contributed by atoms with Crippen LogP contribution in [-0.4, -0.2) is 54.8 Å². The van der Waals surface area contributed by atoms with Crippen LogP contribution in [0.3, 0.4) is 0 Å². The molecule has 3 aliphatic rings. The number of fused-ring (bicyclic) bond motifs is 1. The van der Waals surface area contributed by atoms with E-state index in [-0.39, 0.29) is 17.9 Å². The van der Waals surface area contributed by atoms with Gasteiger partial charge < -0.3 is 4.74 Å². The number of carbonyl (C=O) groups excluding carboxylic acids is 1. The molecule has 4 heterocycles. The zero-order chi connectivity index (χ0) is 16.5. The average molecular weight is 350 g/mol. The molecule has 0 saturated carbocycles. The quantitative estimate of drug-likeness (QED) is 0.840. The van der Waals surface area contributed by atoms with E-state index in [1.807, 2.05) is 11.3 Å². The van der Waals surface area contributed by atoms with Gasteiger partial charge in [0, 0.05) is 47.8 Å².